The van der Waals surface area contributed by atoms with Gasteiger partial charge < -0.3 is 10.3 Å². The van der Waals surface area contributed by atoms with E-state index >= 15 is 0 Å². The fourth-order valence-electron chi connectivity index (χ4n) is 3.98. The number of anilines is 1. The molecule has 31 heavy (non-hydrogen) atoms. The molecule has 0 saturated heterocycles. The molecular weight excluding hydrogens is 402 g/mol. The van der Waals surface area contributed by atoms with Crippen molar-refractivity contribution in [2.24, 2.45) is 0 Å². The van der Waals surface area contributed by atoms with Gasteiger partial charge in [-0.2, -0.15) is 0 Å². The highest BCUT2D eigenvalue weighted by Crippen LogP contribution is 2.38. The van der Waals surface area contributed by atoms with Crippen molar-refractivity contribution in [3.8, 4) is 21.8 Å². The summed E-state index contributed by atoms with van der Waals surface area (Å²) in [6.45, 7) is 0. The van der Waals surface area contributed by atoms with Gasteiger partial charge in [-0.05, 0) is 23.6 Å². The Balaban J connectivity index is 1.41. The van der Waals surface area contributed by atoms with Crippen LogP contribution < -0.4 is 5.32 Å². The lowest BCUT2D eigenvalue weighted by atomic mass is 10.0. The topological polar surface area (TPSA) is 57.8 Å². The van der Waals surface area contributed by atoms with Crippen LogP contribution in [-0.4, -0.2) is 15.9 Å². The molecule has 6 rings (SSSR count). The number of H-pyrrole nitrogens is 1. The van der Waals surface area contributed by atoms with Crippen LogP contribution in [0, 0.1) is 0 Å². The highest BCUT2D eigenvalue weighted by atomic mass is 32.1. The maximum Gasteiger partial charge on any atom is 0.256 e. The molecule has 4 nitrogen and oxygen atoms in total. The third kappa shape index (κ3) is 3.07. The number of carbonyl (C=O) groups excluding carboxylic acids is 1. The molecule has 0 bridgehead atoms. The molecule has 0 atom stereocenters. The van der Waals surface area contributed by atoms with E-state index in [2.05, 4.69) is 39.9 Å². The van der Waals surface area contributed by atoms with Crippen molar-refractivity contribution in [2.75, 3.05) is 5.32 Å². The van der Waals surface area contributed by atoms with Crippen LogP contribution in [-0.2, 0) is 4.79 Å². The van der Waals surface area contributed by atoms with Crippen molar-refractivity contribution in [3.63, 3.8) is 0 Å². The average Bonchev–Trinajstić information content (AvgIpc) is 3.53. The zero-order valence-electron chi connectivity index (χ0n) is 16.4. The lowest BCUT2D eigenvalue weighted by molar-refractivity contribution is -0.110. The number of aromatic amines is 1. The van der Waals surface area contributed by atoms with Gasteiger partial charge in [-0.3, -0.25) is 4.79 Å². The highest BCUT2D eigenvalue weighted by Gasteiger charge is 2.25. The number of hydrogen-bond acceptors (Lipinski definition) is 3. The predicted molar refractivity (Wildman–Crippen MR) is 128 cm³/mol. The summed E-state index contributed by atoms with van der Waals surface area (Å²) in [6, 6.07) is 24.3. The summed E-state index contributed by atoms with van der Waals surface area (Å²) >= 11 is 1.62. The zero-order chi connectivity index (χ0) is 20.8. The van der Waals surface area contributed by atoms with E-state index < -0.39 is 0 Å². The molecule has 3 aromatic carbocycles. The van der Waals surface area contributed by atoms with Crippen molar-refractivity contribution in [1.29, 1.82) is 0 Å². The third-order valence-electron chi connectivity index (χ3n) is 5.55. The Morgan fingerprint density at radius 3 is 2.65 bits per heavy atom. The molecule has 5 heteroatoms. The van der Waals surface area contributed by atoms with E-state index in [1.54, 1.807) is 11.3 Å². The first-order valence-electron chi connectivity index (χ1n) is 10.0. The van der Waals surface area contributed by atoms with Gasteiger partial charge in [0.1, 0.15) is 5.01 Å². The maximum absolute atomic E-state index is 12.7. The Morgan fingerprint density at radius 2 is 1.74 bits per heavy atom. The van der Waals surface area contributed by atoms with Crippen molar-refractivity contribution in [1.82, 2.24) is 9.97 Å². The molecule has 0 radical (unpaired) electrons. The van der Waals surface area contributed by atoms with Gasteiger partial charge in [0.15, 0.2) is 0 Å². The quantitative estimate of drug-likeness (QED) is 0.330. The summed E-state index contributed by atoms with van der Waals surface area (Å²) in [5, 5.41) is 8.25. The molecule has 0 spiro atoms. The normalized spacial score (nSPS) is 14.2. The van der Waals surface area contributed by atoms with Crippen LogP contribution in [0.2, 0.25) is 0 Å². The van der Waals surface area contributed by atoms with Crippen LogP contribution in [0.15, 0.2) is 84.4 Å². The summed E-state index contributed by atoms with van der Waals surface area (Å²) in [7, 11) is 0. The second-order valence-corrected chi connectivity index (χ2v) is 8.32. The monoisotopic (exact) mass is 419 g/mol. The first-order chi connectivity index (χ1) is 15.3. The standard InChI is InChI=1S/C26H17N3OS/c30-25-21(13-23-19-9-5-4-8-18(19)14-27-23)20-12-17(10-11-22(20)28-25)24-15-31-26(29-24)16-6-2-1-3-7-16/h1-15,27H,(H,28,30). The van der Waals surface area contributed by atoms with Gasteiger partial charge >= 0.3 is 0 Å². The third-order valence-corrected chi connectivity index (χ3v) is 6.44. The summed E-state index contributed by atoms with van der Waals surface area (Å²) in [4.78, 5) is 20.8. The van der Waals surface area contributed by atoms with Crippen LogP contribution in [0.4, 0.5) is 5.69 Å². The molecule has 0 aliphatic carbocycles. The molecule has 1 aliphatic heterocycles. The summed E-state index contributed by atoms with van der Waals surface area (Å²) < 4.78 is 0. The van der Waals surface area contributed by atoms with Crippen molar-refractivity contribution in [3.05, 3.63) is 95.6 Å². The second kappa shape index (κ2) is 7.07. The van der Waals surface area contributed by atoms with E-state index in [-0.39, 0.29) is 5.91 Å². The molecule has 1 aliphatic rings. The van der Waals surface area contributed by atoms with Gasteiger partial charge in [-0.15, -0.1) is 11.3 Å². The molecule has 0 saturated carbocycles. The molecule has 0 unspecified atom stereocenters. The minimum Gasteiger partial charge on any atom is -0.361 e. The van der Waals surface area contributed by atoms with Crippen molar-refractivity contribution in [2.45, 2.75) is 0 Å². The van der Waals surface area contributed by atoms with Gasteiger partial charge in [0.2, 0.25) is 0 Å². The van der Waals surface area contributed by atoms with Gasteiger partial charge in [0, 0.05) is 45.0 Å². The Morgan fingerprint density at radius 1 is 0.903 bits per heavy atom. The Bertz CT molecular complexity index is 1480. The van der Waals surface area contributed by atoms with Crippen molar-refractivity contribution < 1.29 is 4.79 Å². The van der Waals surface area contributed by atoms with E-state index in [0.29, 0.717) is 5.57 Å². The highest BCUT2D eigenvalue weighted by molar-refractivity contribution is 7.13. The maximum atomic E-state index is 12.7. The molecule has 2 N–H and O–H groups in total. The number of nitrogens with zero attached hydrogens (tertiary/aromatic N) is 1. The van der Waals surface area contributed by atoms with Crippen LogP contribution in [0.5, 0.6) is 0 Å². The second-order valence-electron chi connectivity index (χ2n) is 7.47. The summed E-state index contributed by atoms with van der Waals surface area (Å²) in [6.07, 6.45) is 3.90. The minimum atomic E-state index is -0.0888. The number of aromatic nitrogens is 2. The lowest BCUT2D eigenvalue weighted by Gasteiger charge is -2.03. The number of benzene rings is 3. The Kier molecular flexibility index (Phi) is 4.08. The van der Waals surface area contributed by atoms with E-state index in [9.17, 15) is 4.79 Å². The van der Waals surface area contributed by atoms with Crippen LogP contribution >= 0.6 is 11.3 Å². The number of fused-ring (bicyclic) bond motifs is 2. The van der Waals surface area contributed by atoms with E-state index in [1.165, 1.54) is 0 Å². The zero-order valence-corrected chi connectivity index (χ0v) is 17.2. The smallest absolute Gasteiger partial charge is 0.256 e. The van der Waals surface area contributed by atoms with E-state index in [0.717, 1.165) is 49.5 Å². The van der Waals surface area contributed by atoms with Gasteiger partial charge in [0.25, 0.3) is 5.91 Å². The van der Waals surface area contributed by atoms with Crippen molar-refractivity contribution >= 4 is 45.4 Å². The first kappa shape index (κ1) is 17.9. The minimum absolute atomic E-state index is 0.0888. The Labute approximate surface area is 182 Å². The Hall–Kier alpha value is -3.96. The molecule has 0 fully saturated rings. The number of carbonyl (C=O) groups is 1. The number of nitrogens with one attached hydrogen (secondary N) is 2. The summed E-state index contributed by atoms with van der Waals surface area (Å²) in [5.74, 6) is -0.0888. The number of hydrogen-bond donors (Lipinski definition) is 2. The number of rotatable bonds is 3. The van der Waals surface area contributed by atoms with Gasteiger partial charge in [-0.25, -0.2) is 4.98 Å². The number of thiazole rings is 1. The molecular formula is C26H17N3OS. The molecule has 1 amide bonds. The molecule has 3 heterocycles. The largest absolute Gasteiger partial charge is 0.361 e. The van der Waals surface area contributed by atoms with Gasteiger partial charge in [-0.1, -0.05) is 60.7 Å². The van der Waals surface area contributed by atoms with E-state index in [4.69, 9.17) is 4.98 Å². The van der Waals surface area contributed by atoms with Gasteiger partial charge in [0.05, 0.1) is 11.3 Å². The number of amides is 1. The molecule has 2 aromatic heterocycles. The van der Waals surface area contributed by atoms with Crippen LogP contribution in [0.1, 0.15) is 11.3 Å². The first-order valence-corrected chi connectivity index (χ1v) is 10.9. The fraction of sp³-hybridized carbons (Fsp3) is 0. The predicted octanol–water partition coefficient (Wildman–Crippen LogP) is 6.45. The average molecular weight is 420 g/mol. The van der Waals surface area contributed by atoms with Crippen LogP contribution in [0.25, 0.3) is 44.3 Å². The fourth-order valence-corrected chi connectivity index (χ4v) is 4.81. The summed E-state index contributed by atoms with van der Waals surface area (Å²) in [5.41, 5.74) is 6.33. The SMILES string of the molecule is O=C1Nc2ccc(-c3csc(-c4ccccc4)n3)cc2C1=Cc1[nH]cc2ccccc12. The lowest BCUT2D eigenvalue weighted by Crippen LogP contribution is -2.03. The molecule has 5 aromatic rings. The molecule has 148 valence electrons. The van der Waals surface area contributed by atoms with Crippen LogP contribution in [0.3, 0.4) is 0 Å². The van der Waals surface area contributed by atoms with E-state index in [1.807, 2.05) is 60.8 Å².